The van der Waals surface area contributed by atoms with Gasteiger partial charge in [-0.25, -0.2) is 4.37 Å². The van der Waals surface area contributed by atoms with Crippen LogP contribution in [0.3, 0.4) is 0 Å². The molecule has 0 unspecified atom stereocenters. The minimum absolute atomic E-state index is 0.183. The van der Waals surface area contributed by atoms with E-state index in [1.165, 1.54) is 11.5 Å². The molecule has 0 aliphatic heterocycles. The van der Waals surface area contributed by atoms with Gasteiger partial charge in [-0.05, 0) is 17.6 Å². The zero-order valence-corrected chi connectivity index (χ0v) is 6.67. The van der Waals surface area contributed by atoms with Gasteiger partial charge in [0.1, 0.15) is 0 Å². The second kappa shape index (κ2) is 3.45. The molecule has 0 radical (unpaired) electrons. The maximum atomic E-state index is 10.4. The van der Waals surface area contributed by atoms with E-state index >= 15 is 0 Å². The van der Waals surface area contributed by atoms with Crippen LogP contribution in [0, 0.1) is 0 Å². The van der Waals surface area contributed by atoms with Crippen molar-refractivity contribution in [2.75, 3.05) is 0 Å². The van der Waals surface area contributed by atoms with Gasteiger partial charge in [-0.2, -0.15) is 0 Å². The lowest BCUT2D eigenvalue weighted by Gasteiger charge is -2.03. The van der Waals surface area contributed by atoms with E-state index in [0.717, 1.165) is 4.88 Å². The third kappa shape index (κ3) is 2.28. The van der Waals surface area contributed by atoms with E-state index < -0.39 is 0 Å². The van der Waals surface area contributed by atoms with Gasteiger partial charge in [-0.1, -0.05) is 0 Å². The molecule has 1 atom stereocenters. The first-order valence-electron chi connectivity index (χ1n) is 3.14. The van der Waals surface area contributed by atoms with Gasteiger partial charge in [0.25, 0.3) is 0 Å². The lowest BCUT2D eigenvalue weighted by molar-refractivity contribution is -0.118. The minimum atomic E-state index is -0.383. The lowest BCUT2D eigenvalue weighted by atomic mass is 10.2. The van der Waals surface area contributed by atoms with Gasteiger partial charge in [0, 0.05) is 23.5 Å². The quantitative estimate of drug-likeness (QED) is 0.672. The summed E-state index contributed by atoms with van der Waals surface area (Å²) in [5.74, 6) is -0.383. The molecule has 0 aromatic carbocycles. The second-order valence-electron chi connectivity index (χ2n) is 2.19. The summed E-state index contributed by atoms with van der Waals surface area (Å²) in [6.07, 6.45) is 1.84. The van der Waals surface area contributed by atoms with Crippen LogP contribution in [0.1, 0.15) is 17.3 Å². The smallest absolute Gasteiger partial charge is 0.219 e. The van der Waals surface area contributed by atoms with Crippen molar-refractivity contribution in [1.82, 2.24) is 4.37 Å². The highest BCUT2D eigenvalue weighted by molar-refractivity contribution is 7.05. The first-order valence-corrected chi connectivity index (χ1v) is 3.92. The van der Waals surface area contributed by atoms with Crippen LogP contribution >= 0.6 is 11.5 Å². The van der Waals surface area contributed by atoms with Crippen LogP contribution in [0.25, 0.3) is 0 Å². The molecular formula is C6H9N3OS. The van der Waals surface area contributed by atoms with Crippen LogP contribution in [0.4, 0.5) is 0 Å². The summed E-state index contributed by atoms with van der Waals surface area (Å²) >= 11 is 1.29. The van der Waals surface area contributed by atoms with Crippen molar-refractivity contribution >= 4 is 17.4 Å². The Bertz CT molecular complexity index is 234. The predicted molar refractivity (Wildman–Crippen MR) is 42.9 cm³/mol. The average Bonchev–Trinajstić information content (AvgIpc) is 2.35. The predicted octanol–water partition coefficient (Wildman–Crippen LogP) is 0.0183. The summed E-state index contributed by atoms with van der Waals surface area (Å²) < 4.78 is 3.86. The van der Waals surface area contributed by atoms with Gasteiger partial charge in [-0.3, -0.25) is 4.79 Å². The Balaban J connectivity index is 2.56. The number of carbonyl (C=O) groups excluding carboxylic acids is 1. The SMILES string of the molecule is NC(=O)C[C@@H](N)c1ccns1. The molecular weight excluding hydrogens is 162 g/mol. The minimum Gasteiger partial charge on any atom is -0.370 e. The number of hydrogen-bond acceptors (Lipinski definition) is 4. The van der Waals surface area contributed by atoms with E-state index in [1.807, 2.05) is 0 Å². The Morgan fingerprint density at radius 1 is 1.82 bits per heavy atom. The Kier molecular flexibility index (Phi) is 2.56. The summed E-state index contributed by atoms with van der Waals surface area (Å²) in [5.41, 5.74) is 10.6. The van der Waals surface area contributed by atoms with E-state index in [1.54, 1.807) is 12.3 Å². The molecule has 4 nitrogen and oxygen atoms in total. The van der Waals surface area contributed by atoms with Gasteiger partial charge >= 0.3 is 0 Å². The van der Waals surface area contributed by atoms with Crippen molar-refractivity contribution in [1.29, 1.82) is 0 Å². The van der Waals surface area contributed by atoms with Crippen LogP contribution in [0.5, 0.6) is 0 Å². The van der Waals surface area contributed by atoms with Crippen LogP contribution in [-0.2, 0) is 4.79 Å². The van der Waals surface area contributed by atoms with Crippen molar-refractivity contribution in [3.05, 3.63) is 17.1 Å². The van der Waals surface area contributed by atoms with E-state index in [2.05, 4.69) is 4.37 Å². The first-order chi connectivity index (χ1) is 5.20. The van der Waals surface area contributed by atoms with Crippen LogP contribution in [0.2, 0.25) is 0 Å². The van der Waals surface area contributed by atoms with Gasteiger partial charge in [-0.15, -0.1) is 0 Å². The van der Waals surface area contributed by atoms with Crippen LogP contribution in [0.15, 0.2) is 12.3 Å². The molecule has 60 valence electrons. The third-order valence-electron chi connectivity index (χ3n) is 1.24. The second-order valence-corrected chi connectivity index (χ2v) is 3.06. The molecule has 1 aromatic heterocycles. The Morgan fingerprint density at radius 2 is 2.55 bits per heavy atom. The summed E-state index contributed by atoms with van der Waals surface area (Å²) in [5, 5.41) is 0. The number of hydrogen-bond donors (Lipinski definition) is 2. The van der Waals surface area contributed by atoms with Crippen molar-refractivity contribution < 1.29 is 4.79 Å². The number of primary amides is 1. The van der Waals surface area contributed by atoms with Gasteiger partial charge in [0.15, 0.2) is 0 Å². The fraction of sp³-hybridized carbons (Fsp3) is 0.333. The summed E-state index contributed by atoms with van der Waals surface area (Å²) in [7, 11) is 0. The van der Waals surface area contributed by atoms with Crippen molar-refractivity contribution in [3.8, 4) is 0 Å². The third-order valence-corrected chi connectivity index (χ3v) is 2.12. The van der Waals surface area contributed by atoms with E-state index in [0.29, 0.717) is 0 Å². The van der Waals surface area contributed by atoms with Crippen molar-refractivity contribution in [2.24, 2.45) is 11.5 Å². The molecule has 11 heavy (non-hydrogen) atoms. The maximum absolute atomic E-state index is 10.4. The summed E-state index contributed by atoms with van der Waals surface area (Å²) in [4.78, 5) is 11.3. The highest BCUT2D eigenvalue weighted by Gasteiger charge is 2.09. The number of nitrogens with zero attached hydrogens (tertiary/aromatic N) is 1. The molecule has 0 bridgehead atoms. The molecule has 1 aromatic rings. The highest BCUT2D eigenvalue weighted by atomic mass is 32.1. The number of amides is 1. The molecule has 1 heterocycles. The topological polar surface area (TPSA) is 82.0 Å². The molecule has 1 amide bonds. The summed E-state index contributed by atoms with van der Waals surface area (Å²) in [6, 6.07) is 1.50. The van der Waals surface area contributed by atoms with E-state index in [4.69, 9.17) is 11.5 Å². The normalized spacial score (nSPS) is 12.8. The maximum Gasteiger partial charge on any atom is 0.219 e. The molecule has 5 heteroatoms. The fourth-order valence-electron chi connectivity index (χ4n) is 0.734. The van der Waals surface area contributed by atoms with Gasteiger partial charge in [0.05, 0.1) is 0 Å². The standard InChI is InChI=1S/C6H9N3OS/c7-4(3-6(8)10)5-1-2-9-11-5/h1-2,4H,3,7H2,(H2,8,10)/t4-/m1/s1. The zero-order valence-electron chi connectivity index (χ0n) is 5.86. The largest absolute Gasteiger partial charge is 0.370 e. The van der Waals surface area contributed by atoms with Gasteiger partial charge < -0.3 is 11.5 Å². The number of nitrogens with two attached hydrogens (primary N) is 2. The number of aromatic nitrogens is 1. The molecule has 0 saturated carbocycles. The molecule has 0 aliphatic carbocycles. The molecule has 4 N–H and O–H groups in total. The number of rotatable bonds is 3. The molecule has 0 spiro atoms. The van der Waals surface area contributed by atoms with Crippen molar-refractivity contribution in [3.63, 3.8) is 0 Å². The van der Waals surface area contributed by atoms with E-state index in [-0.39, 0.29) is 18.4 Å². The van der Waals surface area contributed by atoms with Crippen molar-refractivity contribution in [2.45, 2.75) is 12.5 Å². The average molecular weight is 171 g/mol. The van der Waals surface area contributed by atoms with E-state index in [9.17, 15) is 4.79 Å². The number of carbonyl (C=O) groups is 1. The van der Waals surface area contributed by atoms with Crippen LogP contribution < -0.4 is 11.5 Å². The monoisotopic (exact) mass is 171 g/mol. The zero-order chi connectivity index (χ0) is 8.27. The summed E-state index contributed by atoms with van der Waals surface area (Å²) in [6.45, 7) is 0. The Labute approximate surface area is 68.4 Å². The first kappa shape index (κ1) is 8.16. The molecule has 0 fully saturated rings. The Hall–Kier alpha value is -0.940. The van der Waals surface area contributed by atoms with Crippen LogP contribution in [-0.4, -0.2) is 10.3 Å². The molecule has 1 rings (SSSR count). The lowest BCUT2D eigenvalue weighted by Crippen LogP contribution is -2.19. The molecule has 0 aliphatic rings. The van der Waals surface area contributed by atoms with Gasteiger partial charge in [0.2, 0.25) is 5.91 Å². The Morgan fingerprint density at radius 3 is 3.00 bits per heavy atom. The molecule has 0 saturated heterocycles. The fourth-order valence-corrected chi connectivity index (χ4v) is 1.32. The highest BCUT2D eigenvalue weighted by Crippen LogP contribution is 2.16.